The minimum atomic E-state index is -0.287. The van der Waals surface area contributed by atoms with Crippen LogP contribution in [0.25, 0.3) is 21.8 Å². The van der Waals surface area contributed by atoms with Crippen molar-refractivity contribution in [3.63, 3.8) is 0 Å². The Bertz CT molecular complexity index is 1030. The third-order valence-corrected chi connectivity index (χ3v) is 4.92. The highest BCUT2D eigenvalue weighted by Crippen LogP contribution is 2.23. The first kappa shape index (κ1) is 17.7. The normalized spacial score (nSPS) is 15.4. The monoisotopic (exact) mass is 369 g/mol. The average Bonchev–Trinajstić information content (AvgIpc) is 3.03. The van der Waals surface area contributed by atoms with E-state index in [1.807, 2.05) is 25.1 Å². The van der Waals surface area contributed by atoms with E-state index in [0.717, 1.165) is 54.7 Å². The number of benzene rings is 1. The molecule has 0 bridgehead atoms. The molecular formula is C19H23N5O3. The van der Waals surface area contributed by atoms with Gasteiger partial charge in [0.2, 0.25) is 5.91 Å². The van der Waals surface area contributed by atoms with E-state index in [9.17, 15) is 9.59 Å². The predicted molar refractivity (Wildman–Crippen MR) is 103 cm³/mol. The third kappa shape index (κ3) is 3.72. The summed E-state index contributed by atoms with van der Waals surface area (Å²) in [6.45, 7) is 6.47. The van der Waals surface area contributed by atoms with Crippen LogP contribution in [0.1, 0.15) is 5.56 Å². The van der Waals surface area contributed by atoms with Crippen molar-refractivity contribution in [3.8, 4) is 0 Å². The van der Waals surface area contributed by atoms with Crippen LogP contribution < -0.4 is 10.9 Å². The Morgan fingerprint density at radius 2 is 2.11 bits per heavy atom. The Labute approximate surface area is 156 Å². The van der Waals surface area contributed by atoms with Crippen LogP contribution in [-0.4, -0.2) is 65.0 Å². The summed E-state index contributed by atoms with van der Waals surface area (Å²) in [5, 5.41) is 8.80. The highest BCUT2D eigenvalue weighted by atomic mass is 16.5. The van der Waals surface area contributed by atoms with Gasteiger partial charge in [0.15, 0.2) is 0 Å². The van der Waals surface area contributed by atoms with Crippen LogP contribution in [0, 0.1) is 6.92 Å². The molecule has 0 atom stereocenters. The first-order valence-corrected chi connectivity index (χ1v) is 9.17. The van der Waals surface area contributed by atoms with Gasteiger partial charge in [0.25, 0.3) is 5.56 Å². The Balaban J connectivity index is 1.45. The fourth-order valence-electron chi connectivity index (χ4n) is 3.42. The van der Waals surface area contributed by atoms with Crippen molar-refractivity contribution in [2.75, 3.05) is 39.4 Å². The molecule has 3 aromatic rings. The van der Waals surface area contributed by atoms with E-state index in [2.05, 4.69) is 20.3 Å². The number of nitrogens with zero attached hydrogens (tertiary/aromatic N) is 3. The number of hydrogen-bond acceptors (Lipinski definition) is 5. The SMILES string of the molecule is Cc1ccc2[nH]c3c(=O)n(CC(=O)NCCN4CCOCC4)ncc3c2c1. The van der Waals surface area contributed by atoms with Gasteiger partial charge in [-0.05, 0) is 19.1 Å². The molecule has 1 aliphatic heterocycles. The lowest BCUT2D eigenvalue weighted by molar-refractivity contribution is -0.122. The van der Waals surface area contributed by atoms with Crippen molar-refractivity contribution < 1.29 is 9.53 Å². The van der Waals surface area contributed by atoms with E-state index in [1.54, 1.807) is 6.20 Å². The van der Waals surface area contributed by atoms with Crippen LogP contribution in [0.4, 0.5) is 0 Å². The van der Waals surface area contributed by atoms with Crippen molar-refractivity contribution in [1.29, 1.82) is 0 Å². The lowest BCUT2D eigenvalue weighted by Gasteiger charge is -2.26. The minimum absolute atomic E-state index is 0.0910. The van der Waals surface area contributed by atoms with Gasteiger partial charge in [0.1, 0.15) is 12.1 Å². The van der Waals surface area contributed by atoms with Crippen molar-refractivity contribution in [3.05, 3.63) is 40.3 Å². The van der Waals surface area contributed by atoms with Gasteiger partial charge in [0, 0.05) is 42.5 Å². The number of H-pyrrole nitrogens is 1. The standard InChI is InChI=1S/C19H23N5O3/c1-13-2-3-16-14(10-13)15-11-21-24(19(26)18(15)22-16)12-17(25)20-4-5-23-6-8-27-9-7-23/h2-3,10-11,22H,4-9,12H2,1H3,(H,20,25). The van der Waals surface area contributed by atoms with Gasteiger partial charge in [0.05, 0.1) is 19.4 Å². The van der Waals surface area contributed by atoms with E-state index in [-0.39, 0.29) is 18.0 Å². The van der Waals surface area contributed by atoms with Gasteiger partial charge in [-0.3, -0.25) is 14.5 Å². The first-order chi connectivity index (χ1) is 13.1. The predicted octanol–water partition coefficient (Wildman–Crippen LogP) is 0.635. The van der Waals surface area contributed by atoms with Gasteiger partial charge < -0.3 is 15.0 Å². The molecule has 2 N–H and O–H groups in total. The van der Waals surface area contributed by atoms with Gasteiger partial charge in [-0.15, -0.1) is 0 Å². The van der Waals surface area contributed by atoms with E-state index in [1.165, 1.54) is 4.68 Å². The van der Waals surface area contributed by atoms with E-state index in [4.69, 9.17) is 4.74 Å². The maximum absolute atomic E-state index is 12.7. The van der Waals surface area contributed by atoms with Crippen LogP contribution in [-0.2, 0) is 16.1 Å². The van der Waals surface area contributed by atoms with Gasteiger partial charge in [-0.1, -0.05) is 11.6 Å². The third-order valence-electron chi connectivity index (χ3n) is 4.92. The lowest BCUT2D eigenvalue weighted by Crippen LogP contribution is -2.42. The topological polar surface area (TPSA) is 92.2 Å². The van der Waals surface area contributed by atoms with Crippen LogP contribution in [0.2, 0.25) is 0 Å². The maximum atomic E-state index is 12.7. The number of aromatic nitrogens is 3. The number of carbonyl (C=O) groups excluding carboxylic acids is 1. The Morgan fingerprint density at radius 3 is 2.93 bits per heavy atom. The smallest absolute Gasteiger partial charge is 0.291 e. The first-order valence-electron chi connectivity index (χ1n) is 9.17. The van der Waals surface area contributed by atoms with E-state index in [0.29, 0.717) is 12.1 Å². The summed E-state index contributed by atoms with van der Waals surface area (Å²) in [4.78, 5) is 30.3. The van der Waals surface area contributed by atoms with Crippen LogP contribution in [0.15, 0.2) is 29.2 Å². The molecule has 1 fully saturated rings. The summed E-state index contributed by atoms with van der Waals surface area (Å²) < 4.78 is 6.51. The summed E-state index contributed by atoms with van der Waals surface area (Å²) in [7, 11) is 0. The van der Waals surface area contributed by atoms with Crippen LogP contribution >= 0.6 is 0 Å². The minimum Gasteiger partial charge on any atom is -0.379 e. The van der Waals surface area contributed by atoms with Crippen molar-refractivity contribution >= 4 is 27.7 Å². The molecule has 8 heteroatoms. The number of carbonyl (C=O) groups is 1. The molecule has 0 spiro atoms. The number of morpholine rings is 1. The molecule has 1 amide bonds. The lowest BCUT2D eigenvalue weighted by atomic mass is 10.1. The molecule has 0 unspecified atom stereocenters. The number of hydrogen-bond donors (Lipinski definition) is 2. The molecule has 142 valence electrons. The Hall–Kier alpha value is -2.71. The van der Waals surface area contributed by atoms with Crippen molar-refractivity contribution in [2.45, 2.75) is 13.5 Å². The van der Waals surface area contributed by atoms with Gasteiger partial charge in [-0.25, -0.2) is 4.68 Å². The zero-order valence-electron chi connectivity index (χ0n) is 15.3. The van der Waals surface area contributed by atoms with Gasteiger partial charge >= 0.3 is 0 Å². The Kier molecular flexibility index (Phi) is 4.91. The second kappa shape index (κ2) is 7.50. The summed E-state index contributed by atoms with van der Waals surface area (Å²) >= 11 is 0. The second-order valence-corrected chi connectivity index (χ2v) is 6.87. The molecule has 0 aliphatic carbocycles. The zero-order chi connectivity index (χ0) is 18.8. The molecular weight excluding hydrogens is 346 g/mol. The quantitative estimate of drug-likeness (QED) is 0.688. The number of rotatable bonds is 5. The number of fused-ring (bicyclic) bond motifs is 3. The largest absolute Gasteiger partial charge is 0.379 e. The molecule has 1 saturated heterocycles. The highest BCUT2D eigenvalue weighted by Gasteiger charge is 2.14. The number of amides is 1. The summed E-state index contributed by atoms with van der Waals surface area (Å²) in [6, 6.07) is 5.97. The number of ether oxygens (including phenoxy) is 1. The van der Waals surface area contributed by atoms with Crippen LogP contribution in [0.3, 0.4) is 0 Å². The molecule has 2 aromatic heterocycles. The summed E-state index contributed by atoms with van der Waals surface area (Å²) in [5.74, 6) is -0.218. The van der Waals surface area contributed by atoms with Crippen molar-refractivity contribution in [1.82, 2.24) is 25.0 Å². The maximum Gasteiger partial charge on any atom is 0.291 e. The summed E-state index contributed by atoms with van der Waals surface area (Å²) in [5.41, 5.74) is 2.20. The number of nitrogens with one attached hydrogen (secondary N) is 2. The molecule has 4 rings (SSSR count). The fourth-order valence-corrected chi connectivity index (χ4v) is 3.42. The average molecular weight is 369 g/mol. The van der Waals surface area contributed by atoms with Gasteiger partial charge in [-0.2, -0.15) is 5.10 Å². The van der Waals surface area contributed by atoms with E-state index < -0.39 is 0 Å². The fraction of sp³-hybridized carbons (Fsp3) is 0.421. The molecule has 0 radical (unpaired) electrons. The second-order valence-electron chi connectivity index (χ2n) is 6.87. The molecule has 0 saturated carbocycles. The molecule has 1 aliphatic rings. The summed E-state index contributed by atoms with van der Waals surface area (Å²) in [6.07, 6.45) is 1.65. The van der Waals surface area contributed by atoms with Crippen LogP contribution in [0.5, 0.6) is 0 Å². The van der Waals surface area contributed by atoms with E-state index >= 15 is 0 Å². The zero-order valence-corrected chi connectivity index (χ0v) is 15.3. The molecule has 1 aromatic carbocycles. The molecule has 3 heterocycles. The number of aromatic amines is 1. The highest BCUT2D eigenvalue weighted by molar-refractivity contribution is 6.06. The molecule has 8 nitrogen and oxygen atoms in total. The number of aryl methyl sites for hydroxylation is 1. The van der Waals surface area contributed by atoms with Crippen molar-refractivity contribution in [2.24, 2.45) is 0 Å². The Morgan fingerprint density at radius 1 is 1.30 bits per heavy atom. The molecule has 27 heavy (non-hydrogen) atoms.